The molecule has 0 N–H and O–H groups in total. The normalized spacial score (nSPS) is 10.4. The molecule has 2 aromatic rings. The van der Waals surface area contributed by atoms with Gasteiger partial charge in [-0.3, -0.25) is 0 Å². The van der Waals surface area contributed by atoms with Crippen LogP contribution in [0.4, 0.5) is 0 Å². The van der Waals surface area contributed by atoms with E-state index in [2.05, 4.69) is 0 Å². The fourth-order valence-corrected chi connectivity index (χ4v) is 2.02. The minimum atomic E-state index is 0.846. The Bertz CT molecular complexity index is 408. The lowest BCUT2D eigenvalue weighted by Gasteiger charge is -1.97. The molecule has 0 saturated carbocycles. The molecule has 2 rings (SSSR count). The van der Waals surface area contributed by atoms with Gasteiger partial charge in [-0.15, -0.1) is 0 Å². The van der Waals surface area contributed by atoms with E-state index >= 15 is 0 Å². The summed E-state index contributed by atoms with van der Waals surface area (Å²) >= 11 is 1.58. The van der Waals surface area contributed by atoms with Crippen LogP contribution in [0.5, 0.6) is 5.75 Å². The minimum Gasteiger partial charge on any atom is -0.497 e. The highest BCUT2D eigenvalue weighted by Crippen LogP contribution is 2.23. The van der Waals surface area contributed by atoms with Crippen molar-refractivity contribution in [3.05, 3.63) is 24.3 Å². The lowest BCUT2D eigenvalue weighted by molar-refractivity contribution is 0.415. The van der Waals surface area contributed by atoms with Gasteiger partial charge < -0.3 is 4.74 Å². The first kappa shape index (κ1) is 7.68. The van der Waals surface area contributed by atoms with E-state index in [9.17, 15) is 0 Å². The van der Waals surface area contributed by atoms with Gasteiger partial charge in [0.15, 0.2) is 0 Å². The average molecular weight is 174 g/mol. The van der Waals surface area contributed by atoms with E-state index < -0.39 is 0 Å². The maximum Gasteiger partial charge on any atom is 0.128 e. The summed E-state index contributed by atoms with van der Waals surface area (Å²) in [4.78, 5) is 0. The van der Waals surface area contributed by atoms with Crippen molar-refractivity contribution in [3.8, 4) is 5.75 Å². The van der Waals surface area contributed by atoms with E-state index in [4.69, 9.17) is 12.6 Å². The predicted molar refractivity (Wildman–Crippen MR) is 53.8 cm³/mol. The van der Waals surface area contributed by atoms with Crippen LogP contribution in [-0.2, 0) is 0 Å². The van der Waals surface area contributed by atoms with E-state index in [0.29, 0.717) is 0 Å². The summed E-state index contributed by atoms with van der Waals surface area (Å²) in [5, 5.41) is 1.18. The zero-order valence-corrected chi connectivity index (χ0v) is 7.52. The van der Waals surface area contributed by atoms with Crippen molar-refractivity contribution >= 4 is 34.0 Å². The molecule has 0 aliphatic rings. The Morgan fingerprint density at radius 3 is 2.92 bits per heavy atom. The standard InChI is InChI=1S/C9H7BOS/c1-11-7-3-2-6-4-9(10)12-8(6)5-7/h2-5H,1H3. The van der Waals surface area contributed by atoms with Crippen molar-refractivity contribution in [1.82, 2.24) is 0 Å². The van der Waals surface area contributed by atoms with Gasteiger partial charge in [-0.2, -0.15) is 11.3 Å². The molecule has 12 heavy (non-hydrogen) atoms. The van der Waals surface area contributed by atoms with Crippen LogP contribution in [0, 0.1) is 0 Å². The highest BCUT2D eigenvalue weighted by molar-refractivity contribution is 7.26. The monoisotopic (exact) mass is 174 g/mol. The number of methoxy groups -OCH3 is 1. The number of rotatable bonds is 1. The molecular formula is C9H7BOS. The van der Waals surface area contributed by atoms with Crippen LogP contribution in [0.3, 0.4) is 0 Å². The molecule has 0 amide bonds. The summed E-state index contributed by atoms with van der Waals surface area (Å²) in [7, 11) is 7.32. The fraction of sp³-hybridized carbons (Fsp3) is 0.111. The molecule has 0 aliphatic carbocycles. The minimum absolute atomic E-state index is 0.846. The van der Waals surface area contributed by atoms with Crippen LogP contribution >= 0.6 is 11.3 Å². The molecular weight excluding hydrogens is 167 g/mol. The summed E-state index contributed by atoms with van der Waals surface area (Å²) in [5.74, 6) is 0.879. The third-order valence-corrected chi connectivity index (χ3v) is 2.67. The second-order valence-corrected chi connectivity index (χ2v) is 3.67. The summed E-state index contributed by atoms with van der Waals surface area (Å²) in [6.07, 6.45) is 0. The van der Waals surface area contributed by atoms with Gasteiger partial charge in [0.25, 0.3) is 0 Å². The SMILES string of the molecule is [B]c1cc2ccc(OC)cc2s1. The molecule has 0 spiro atoms. The maximum atomic E-state index is 5.66. The first-order valence-electron chi connectivity index (χ1n) is 3.62. The van der Waals surface area contributed by atoms with E-state index in [-0.39, 0.29) is 0 Å². The van der Waals surface area contributed by atoms with Gasteiger partial charge in [0.2, 0.25) is 0 Å². The van der Waals surface area contributed by atoms with Crippen molar-refractivity contribution in [2.24, 2.45) is 0 Å². The quantitative estimate of drug-likeness (QED) is 0.598. The lowest BCUT2D eigenvalue weighted by atomic mass is 10.1. The number of ether oxygens (including phenoxy) is 1. The van der Waals surface area contributed by atoms with Gasteiger partial charge in [0.05, 0.1) is 7.11 Å². The van der Waals surface area contributed by atoms with E-state index in [1.807, 2.05) is 24.3 Å². The Labute approximate surface area is 76.4 Å². The van der Waals surface area contributed by atoms with Gasteiger partial charge in [0.1, 0.15) is 13.6 Å². The molecule has 1 nitrogen and oxygen atoms in total. The lowest BCUT2D eigenvalue weighted by Crippen LogP contribution is -1.88. The van der Waals surface area contributed by atoms with E-state index in [1.54, 1.807) is 18.4 Å². The zero-order chi connectivity index (χ0) is 8.55. The van der Waals surface area contributed by atoms with E-state index in [1.165, 1.54) is 10.1 Å². The van der Waals surface area contributed by atoms with Gasteiger partial charge in [-0.05, 0) is 28.4 Å². The van der Waals surface area contributed by atoms with Crippen LogP contribution in [0.25, 0.3) is 10.1 Å². The third-order valence-electron chi connectivity index (χ3n) is 1.75. The number of hydrogen-bond acceptors (Lipinski definition) is 2. The Kier molecular flexibility index (Phi) is 1.81. The fourth-order valence-electron chi connectivity index (χ4n) is 1.16. The van der Waals surface area contributed by atoms with Gasteiger partial charge in [-0.25, -0.2) is 0 Å². The van der Waals surface area contributed by atoms with Crippen molar-refractivity contribution in [3.63, 3.8) is 0 Å². The molecule has 2 radical (unpaired) electrons. The molecule has 0 bridgehead atoms. The first-order chi connectivity index (χ1) is 5.79. The molecule has 0 unspecified atom stereocenters. The number of fused-ring (bicyclic) bond motifs is 1. The Hall–Kier alpha value is -0.955. The number of hydrogen-bond donors (Lipinski definition) is 0. The molecule has 1 aromatic heterocycles. The summed E-state index contributed by atoms with van der Waals surface area (Å²) in [5.41, 5.74) is 0. The number of thiophene rings is 1. The van der Waals surface area contributed by atoms with Crippen molar-refractivity contribution in [1.29, 1.82) is 0 Å². The van der Waals surface area contributed by atoms with Crippen LogP contribution < -0.4 is 9.51 Å². The topological polar surface area (TPSA) is 9.23 Å². The second-order valence-electron chi connectivity index (χ2n) is 2.55. The van der Waals surface area contributed by atoms with Crippen molar-refractivity contribution < 1.29 is 4.74 Å². The Morgan fingerprint density at radius 1 is 1.33 bits per heavy atom. The largest absolute Gasteiger partial charge is 0.497 e. The van der Waals surface area contributed by atoms with Crippen LogP contribution in [0.2, 0.25) is 0 Å². The molecule has 58 valence electrons. The van der Waals surface area contributed by atoms with Crippen molar-refractivity contribution in [2.75, 3.05) is 7.11 Å². The van der Waals surface area contributed by atoms with Crippen molar-refractivity contribution in [2.45, 2.75) is 0 Å². The Morgan fingerprint density at radius 2 is 2.17 bits per heavy atom. The number of benzene rings is 1. The molecule has 0 saturated heterocycles. The molecule has 1 aromatic carbocycles. The first-order valence-corrected chi connectivity index (χ1v) is 4.44. The van der Waals surface area contributed by atoms with Crippen LogP contribution in [0.1, 0.15) is 0 Å². The van der Waals surface area contributed by atoms with E-state index in [0.717, 1.165) is 10.5 Å². The van der Waals surface area contributed by atoms with Gasteiger partial charge in [0, 0.05) is 4.70 Å². The summed E-state index contributed by atoms with van der Waals surface area (Å²) < 4.78 is 7.12. The van der Waals surface area contributed by atoms with Gasteiger partial charge in [-0.1, -0.05) is 6.07 Å². The molecule has 3 heteroatoms. The smallest absolute Gasteiger partial charge is 0.128 e. The predicted octanol–water partition coefficient (Wildman–Crippen LogP) is 1.70. The van der Waals surface area contributed by atoms with Gasteiger partial charge >= 0.3 is 0 Å². The summed E-state index contributed by atoms with van der Waals surface area (Å²) in [6, 6.07) is 7.92. The maximum absolute atomic E-state index is 5.66. The second kappa shape index (κ2) is 2.83. The zero-order valence-electron chi connectivity index (χ0n) is 6.70. The Balaban J connectivity index is 2.66. The molecule has 0 aliphatic heterocycles. The summed E-state index contributed by atoms with van der Waals surface area (Å²) in [6.45, 7) is 0. The third kappa shape index (κ3) is 1.20. The molecule has 0 fully saturated rings. The molecule has 1 heterocycles. The highest BCUT2D eigenvalue weighted by atomic mass is 32.1. The van der Waals surface area contributed by atoms with Crippen LogP contribution in [0.15, 0.2) is 24.3 Å². The van der Waals surface area contributed by atoms with Crippen LogP contribution in [-0.4, -0.2) is 15.0 Å². The molecule has 0 atom stereocenters. The highest BCUT2D eigenvalue weighted by Gasteiger charge is 1.98. The average Bonchev–Trinajstić information content (AvgIpc) is 2.43.